The number of rotatable bonds is 7. The number of hydrogen-bond donors (Lipinski definition) is 0. The van der Waals surface area contributed by atoms with Crippen LogP contribution in [0.25, 0.3) is 11.4 Å². The fourth-order valence-electron chi connectivity index (χ4n) is 2.91. The molecule has 0 aliphatic heterocycles. The van der Waals surface area contributed by atoms with Crippen LogP contribution in [-0.2, 0) is 11.3 Å². The lowest BCUT2D eigenvalue weighted by Crippen LogP contribution is -2.43. The summed E-state index contributed by atoms with van der Waals surface area (Å²) >= 11 is 5.99. The summed E-state index contributed by atoms with van der Waals surface area (Å²) in [5.74, 6) is 1.25. The summed E-state index contributed by atoms with van der Waals surface area (Å²) in [4.78, 5) is 19.1. The van der Waals surface area contributed by atoms with Gasteiger partial charge in [-0.3, -0.25) is 4.79 Å². The maximum absolute atomic E-state index is 13.0. The Bertz CT molecular complexity index is 987. The lowest BCUT2D eigenvalue weighted by Gasteiger charge is -2.28. The lowest BCUT2D eigenvalue weighted by atomic mass is 10.1. The van der Waals surface area contributed by atoms with Crippen molar-refractivity contribution in [3.05, 3.63) is 65.0 Å². The number of aryl methyl sites for hydroxylation is 1. The number of halogens is 1. The fraction of sp³-hybridized carbons (Fsp3) is 0.318. The van der Waals surface area contributed by atoms with Gasteiger partial charge in [-0.25, -0.2) is 0 Å². The number of hydrogen-bond acceptors (Lipinski definition) is 5. The topological polar surface area (TPSA) is 68.5 Å². The molecule has 6 nitrogen and oxygen atoms in total. The van der Waals surface area contributed by atoms with Gasteiger partial charge >= 0.3 is 0 Å². The average Bonchev–Trinajstić information content (AvgIpc) is 3.14. The molecule has 0 saturated heterocycles. The SMILES string of the molecule is Cc1cccc(-c2noc(CN(C(=O)[C@H](C)Oc3cccc(Cl)c3)C(C)C)n2)c1. The van der Waals surface area contributed by atoms with Crippen molar-refractivity contribution in [2.24, 2.45) is 0 Å². The van der Waals surface area contributed by atoms with Crippen LogP contribution in [0, 0.1) is 6.92 Å². The Morgan fingerprint density at radius 2 is 1.93 bits per heavy atom. The molecule has 1 amide bonds. The second kappa shape index (κ2) is 9.09. The summed E-state index contributed by atoms with van der Waals surface area (Å²) in [6.07, 6.45) is -0.685. The second-order valence-corrected chi connectivity index (χ2v) is 7.59. The highest BCUT2D eigenvalue weighted by Gasteiger charge is 2.26. The van der Waals surface area contributed by atoms with Gasteiger partial charge in [0.1, 0.15) is 12.3 Å². The molecule has 1 aromatic heterocycles. The first kappa shape index (κ1) is 20.9. The van der Waals surface area contributed by atoms with Crippen LogP contribution in [0.1, 0.15) is 32.2 Å². The summed E-state index contributed by atoms with van der Waals surface area (Å²) in [6.45, 7) is 7.79. The van der Waals surface area contributed by atoms with Crippen LogP contribution in [-0.4, -0.2) is 33.1 Å². The van der Waals surface area contributed by atoms with Crippen LogP contribution >= 0.6 is 11.6 Å². The molecular weight excluding hydrogens is 390 g/mol. The maximum Gasteiger partial charge on any atom is 0.264 e. The van der Waals surface area contributed by atoms with Gasteiger partial charge in [0.25, 0.3) is 5.91 Å². The number of carbonyl (C=O) groups is 1. The summed E-state index contributed by atoms with van der Waals surface area (Å²) in [7, 11) is 0. The second-order valence-electron chi connectivity index (χ2n) is 7.16. The van der Waals surface area contributed by atoms with Crippen LogP contribution in [0.3, 0.4) is 0 Å². The van der Waals surface area contributed by atoms with Gasteiger partial charge in [-0.1, -0.05) is 46.6 Å². The number of amides is 1. The molecule has 0 aliphatic rings. The van der Waals surface area contributed by atoms with Gasteiger partial charge in [0.15, 0.2) is 6.10 Å². The predicted molar refractivity (Wildman–Crippen MR) is 112 cm³/mol. The van der Waals surface area contributed by atoms with Crippen LogP contribution in [0.5, 0.6) is 5.75 Å². The molecule has 3 aromatic rings. The fourth-order valence-corrected chi connectivity index (χ4v) is 3.09. The Morgan fingerprint density at radius 1 is 1.17 bits per heavy atom. The number of benzene rings is 2. The van der Waals surface area contributed by atoms with E-state index in [1.165, 1.54) is 0 Å². The third-order valence-corrected chi connectivity index (χ3v) is 4.65. The molecule has 0 aliphatic carbocycles. The first-order valence-electron chi connectivity index (χ1n) is 9.46. The van der Waals surface area contributed by atoms with E-state index in [9.17, 15) is 4.79 Å². The van der Waals surface area contributed by atoms with Gasteiger partial charge in [-0.2, -0.15) is 4.98 Å². The zero-order valence-corrected chi connectivity index (χ0v) is 17.7. The largest absolute Gasteiger partial charge is 0.481 e. The van der Waals surface area contributed by atoms with E-state index in [4.69, 9.17) is 20.9 Å². The van der Waals surface area contributed by atoms with Gasteiger partial charge in [-0.05, 0) is 52.0 Å². The molecule has 0 unspecified atom stereocenters. The van der Waals surface area contributed by atoms with Crippen LogP contribution in [0.4, 0.5) is 0 Å². The van der Waals surface area contributed by atoms with Crippen molar-refractivity contribution in [3.63, 3.8) is 0 Å². The Hall–Kier alpha value is -2.86. The average molecular weight is 414 g/mol. The highest BCUT2D eigenvalue weighted by molar-refractivity contribution is 6.30. The van der Waals surface area contributed by atoms with Gasteiger partial charge in [0, 0.05) is 16.6 Å². The van der Waals surface area contributed by atoms with Crippen molar-refractivity contribution in [3.8, 4) is 17.1 Å². The lowest BCUT2D eigenvalue weighted by molar-refractivity contribution is -0.140. The molecular formula is C22H24ClN3O3. The third-order valence-electron chi connectivity index (χ3n) is 4.41. The summed E-state index contributed by atoms with van der Waals surface area (Å²) in [5, 5.41) is 4.60. The van der Waals surface area contributed by atoms with Crippen LogP contribution < -0.4 is 4.74 Å². The molecule has 0 radical (unpaired) electrons. The first-order chi connectivity index (χ1) is 13.8. The summed E-state index contributed by atoms with van der Waals surface area (Å²) in [5.41, 5.74) is 1.99. The zero-order valence-electron chi connectivity index (χ0n) is 16.9. The minimum Gasteiger partial charge on any atom is -0.481 e. The van der Waals surface area contributed by atoms with E-state index in [0.717, 1.165) is 11.1 Å². The van der Waals surface area contributed by atoms with E-state index in [-0.39, 0.29) is 18.5 Å². The summed E-state index contributed by atoms with van der Waals surface area (Å²) < 4.78 is 11.2. The van der Waals surface area contributed by atoms with E-state index in [2.05, 4.69) is 10.1 Å². The van der Waals surface area contributed by atoms with Crippen molar-refractivity contribution in [1.29, 1.82) is 0 Å². The Labute approximate surface area is 175 Å². The molecule has 0 spiro atoms. The molecule has 2 aromatic carbocycles. The summed E-state index contributed by atoms with van der Waals surface area (Å²) in [6, 6.07) is 14.8. The molecule has 1 heterocycles. The molecule has 7 heteroatoms. The monoisotopic (exact) mass is 413 g/mol. The Kier molecular flexibility index (Phi) is 6.54. The molecule has 0 N–H and O–H groups in total. The van der Waals surface area contributed by atoms with E-state index in [1.807, 2.05) is 45.0 Å². The number of nitrogens with zero attached hydrogens (tertiary/aromatic N) is 3. The van der Waals surface area contributed by atoms with Crippen molar-refractivity contribution < 1.29 is 14.1 Å². The quantitative estimate of drug-likeness (QED) is 0.550. The molecule has 29 heavy (non-hydrogen) atoms. The minimum atomic E-state index is -0.685. The van der Waals surface area contributed by atoms with Crippen LogP contribution in [0.2, 0.25) is 5.02 Å². The molecule has 0 saturated carbocycles. The van der Waals surface area contributed by atoms with Crippen molar-refractivity contribution in [2.45, 2.75) is 46.4 Å². The third kappa shape index (κ3) is 5.35. The van der Waals surface area contributed by atoms with Crippen LogP contribution in [0.15, 0.2) is 53.1 Å². The highest BCUT2D eigenvalue weighted by atomic mass is 35.5. The van der Waals surface area contributed by atoms with Crippen molar-refractivity contribution >= 4 is 17.5 Å². The molecule has 1 atom stereocenters. The molecule has 3 rings (SSSR count). The Balaban J connectivity index is 1.72. The maximum atomic E-state index is 13.0. The standard InChI is InChI=1S/C22H24ClN3O3/c1-14(2)26(22(27)16(4)28-19-10-6-9-18(23)12-19)13-20-24-21(25-29-20)17-8-5-7-15(3)11-17/h5-12,14,16H,13H2,1-4H3/t16-/m0/s1. The van der Waals surface area contributed by atoms with Gasteiger partial charge in [0.2, 0.25) is 11.7 Å². The normalized spacial score (nSPS) is 12.1. The van der Waals surface area contributed by atoms with Gasteiger partial charge in [-0.15, -0.1) is 0 Å². The highest BCUT2D eigenvalue weighted by Crippen LogP contribution is 2.21. The van der Waals surface area contributed by atoms with Gasteiger partial charge < -0.3 is 14.2 Å². The number of aromatic nitrogens is 2. The number of ether oxygens (including phenoxy) is 1. The molecule has 0 bridgehead atoms. The minimum absolute atomic E-state index is 0.0674. The van der Waals surface area contributed by atoms with E-state index in [1.54, 1.807) is 36.1 Å². The molecule has 152 valence electrons. The zero-order chi connectivity index (χ0) is 21.0. The first-order valence-corrected chi connectivity index (χ1v) is 9.83. The van der Waals surface area contributed by atoms with Gasteiger partial charge in [0.05, 0.1) is 0 Å². The predicted octanol–water partition coefficient (Wildman–Crippen LogP) is 4.90. The van der Waals surface area contributed by atoms with E-state index in [0.29, 0.717) is 22.5 Å². The Morgan fingerprint density at radius 3 is 2.62 bits per heavy atom. The van der Waals surface area contributed by atoms with E-state index >= 15 is 0 Å². The molecule has 0 fully saturated rings. The van der Waals surface area contributed by atoms with Crippen molar-refractivity contribution in [1.82, 2.24) is 15.0 Å². The van der Waals surface area contributed by atoms with E-state index < -0.39 is 6.10 Å². The van der Waals surface area contributed by atoms with Crippen molar-refractivity contribution in [2.75, 3.05) is 0 Å². The number of carbonyl (C=O) groups excluding carboxylic acids is 1. The smallest absolute Gasteiger partial charge is 0.264 e.